The summed E-state index contributed by atoms with van der Waals surface area (Å²) in [6.45, 7) is 10.3. The summed E-state index contributed by atoms with van der Waals surface area (Å²) in [5.74, 6) is 0.822. The Balaban J connectivity index is 1.45. The van der Waals surface area contributed by atoms with Gasteiger partial charge in [-0.15, -0.1) is 0 Å². The highest BCUT2D eigenvalue weighted by Gasteiger charge is 2.30. The van der Waals surface area contributed by atoms with E-state index >= 15 is 0 Å². The van der Waals surface area contributed by atoms with Crippen molar-refractivity contribution >= 4 is 22.7 Å². The zero-order valence-electron chi connectivity index (χ0n) is 19.2. The Morgan fingerprint density at radius 2 is 1.88 bits per heavy atom. The van der Waals surface area contributed by atoms with E-state index in [1.165, 1.54) is 0 Å². The molecular formula is C26H31N3O3. The smallest absolute Gasteiger partial charge is 0.410 e. The number of pyridine rings is 1. The van der Waals surface area contributed by atoms with Crippen molar-refractivity contribution in [3.8, 4) is 5.75 Å². The van der Waals surface area contributed by atoms with Gasteiger partial charge in [0.1, 0.15) is 18.0 Å². The maximum absolute atomic E-state index is 12.4. The van der Waals surface area contributed by atoms with E-state index in [1.807, 2.05) is 63.4 Å². The summed E-state index contributed by atoms with van der Waals surface area (Å²) in [6, 6.07) is 18.4. The summed E-state index contributed by atoms with van der Waals surface area (Å²) in [4.78, 5) is 21.2. The zero-order chi connectivity index (χ0) is 22.7. The number of carbonyl (C=O) groups excluding carboxylic acids is 1. The molecule has 0 aliphatic carbocycles. The third kappa shape index (κ3) is 5.31. The van der Waals surface area contributed by atoms with Crippen molar-refractivity contribution in [3.63, 3.8) is 0 Å². The van der Waals surface area contributed by atoms with Gasteiger partial charge in [0.15, 0.2) is 0 Å². The normalized spacial score (nSPS) is 16.8. The Bertz CT molecular complexity index is 1080. The van der Waals surface area contributed by atoms with Crippen LogP contribution in [0.5, 0.6) is 5.75 Å². The Hall–Kier alpha value is -3.28. The third-order valence-electron chi connectivity index (χ3n) is 5.50. The number of anilines is 1. The maximum atomic E-state index is 12.4. The topological polar surface area (TPSA) is 54.9 Å². The predicted octanol–water partition coefficient (Wildman–Crippen LogP) is 5.26. The van der Waals surface area contributed by atoms with E-state index in [0.717, 1.165) is 34.4 Å². The van der Waals surface area contributed by atoms with Crippen LogP contribution >= 0.6 is 0 Å². The average Bonchev–Trinajstić information content (AvgIpc) is 2.76. The van der Waals surface area contributed by atoms with Crippen LogP contribution in [0.3, 0.4) is 0 Å². The highest BCUT2D eigenvalue weighted by molar-refractivity contribution is 5.83. The molecule has 1 saturated heterocycles. The van der Waals surface area contributed by atoms with Crippen molar-refractivity contribution in [3.05, 3.63) is 66.4 Å². The molecule has 0 bridgehead atoms. The van der Waals surface area contributed by atoms with E-state index < -0.39 is 5.60 Å². The summed E-state index contributed by atoms with van der Waals surface area (Å²) in [5, 5.41) is 1.04. The van der Waals surface area contributed by atoms with E-state index in [0.29, 0.717) is 19.7 Å². The molecular weight excluding hydrogens is 402 g/mol. The molecule has 1 atom stereocenters. The van der Waals surface area contributed by atoms with Gasteiger partial charge in [0.25, 0.3) is 0 Å². The second-order valence-corrected chi connectivity index (χ2v) is 9.29. The van der Waals surface area contributed by atoms with E-state index in [4.69, 9.17) is 9.47 Å². The van der Waals surface area contributed by atoms with Crippen LogP contribution in [0.2, 0.25) is 0 Å². The van der Waals surface area contributed by atoms with E-state index in [1.54, 1.807) is 4.90 Å². The number of piperazine rings is 1. The van der Waals surface area contributed by atoms with E-state index in [9.17, 15) is 4.79 Å². The third-order valence-corrected chi connectivity index (χ3v) is 5.50. The molecule has 2 heterocycles. The Morgan fingerprint density at radius 3 is 2.59 bits per heavy atom. The fourth-order valence-electron chi connectivity index (χ4n) is 3.92. The number of aromatic nitrogens is 1. The minimum Gasteiger partial charge on any atom is -0.489 e. The fraction of sp³-hybridized carbons (Fsp3) is 0.385. The number of ether oxygens (including phenoxy) is 2. The second kappa shape index (κ2) is 9.07. The van der Waals surface area contributed by atoms with Crippen LogP contribution in [-0.2, 0) is 11.3 Å². The van der Waals surface area contributed by atoms with Crippen LogP contribution < -0.4 is 9.64 Å². The minimum atomic E-state index is -0.486. The largest absolute Gasteiger partial charge is 0.489 e. The molecule has 168 valence electrons. The molecule has 1 fully saturated rings. The average molecular weight is 434 g/mol. The van der Waals surface area contributed by atoms with Gasteiger partial charge < -0.3 is 19.3 Å². The van der Waals surface area contributed by atoms with Crippen LogP contribution in [0.25, 0.3) is 10.9 Å². The van der Waals surface area contributed by atoms with Gasteiger partial charge in [-0.05, 0) is 57.5 Å². The molecule has 2 aromatic carbocycles. The number of hydrogen-bond donors (Lipinski definition) is 0. The van der Waals surface area contributed by atoms with Crippen LogP contribution in [0.15, 0.2) is 60.8 Å². The van der Waals surface area contributed by atoms with Gasteiger partial charge in [-0.2, -0.15) is 0 Å². The molecule has 1 aliphatic rings. The molecule has 6 nitrogen and oxygen atoms in total. The number of benzene rings is 2. The molecule has 0 saturated carbocycles. The van der Waals surface area contributed by atoms with Gasteiger partial charge >= 0.3 is 6.09 Å². The Labute approximate surface area is 189 Å². The first-order valence-corrected chi connectivity index (χ1v) is 11.1. The number of rotatable bonds is 4. The van der Waals surface area contributed by atoms with Gasteiger partial charge in [0.2, 0.25) is 0 Å². The lowest BCUT2D eigenvalue weighted by Crippen LogP contribution is -2.54. The van der Waals surface area contributed by atoms with Crippen molar-refractivity contribution in [2.24, 2.45) is 0 Å². The van der Waals surface area contributed by atoms with Crippen molar-refractivity contribution in [2.45, 2.75) is 45.9 Å². The van der Waals surface area contributed by atoms with Crippen LogP contribution in [0.1, 0.15) is 33.3 Å². The fourth-order valence-corrected chi connectivity index (χ4v) is 3.92. The van der Waals surface area contributed by atoms with Crippen molar-refractivity contribution in [2.75, 3.05) is 24.5 Å². The molecule has 0 unspecified atom stereocenters. The van der Waals surface area contributed by atoms with Gasteiger partial charge in [-0.1, -0.05) is 30.3 Å². The lowest BCUT2D eigenvalue weighted by atomic mass is 10.1. The molecule has 4 rings (SSSR count). The zero-order valence-corrected chi connectivity index (χ0v) is 19.2. The summed E-state index contributed by atoms with van der Waals surface area (Å²) >= 11 is 0. The highest BCUT2D eigenvalue weighted by atomic mass is 16.6. The number of hydrogen-bond acceptors (Lipinski definition) is 5. The number of carbonyl (C=O) groups is 1. The second-order valence-electron chi connectivity index (χ2n) is 9.29. The van der Waals surface area contributed by atoms with Crippen molar-refractivity contribution in [1.82, 2.24) is 9.88 Å². The molecule has 1 amide bonds. The Morgan fingerprint density at radius 1 is 1.09 bits per heavy atom. The molecule has 0 radical (unpaired) electrons. The van der Waals surface area contributed by atoms with Crippen LogP contribution in [-0.4, -0.2) is 47.3 Å². The van der Waals surface area contributed by atoms with Gasteiger partial charge in [0, 0.05) is 31.1 Å². The highest BCUT2D eigenvalue weighted by Crippen LogP contribution is 2.27. The van der Waals surface area contributed by atoms with Gasteiger partial charge in [-0.25, -0.2) is 4.79 Å². The first-order chi connectivity index (χ1) is 15.3. The first-order valence-electron chi connectivity index (χ1n) is 11.1. The minimum absolute atomic E-state index is 0.160. The number of fused-ring (bicyclic) bond motifs is 1. The van der Waals surface area contributed by atoms with Crippen molar-refractivity contribution in [1.29, 1.82) is 0 Å². The standard InChI is InChI=1S/C26H31N3O3/c1-19-17-28(25(30)32-26(2,3)4)12-13-29(19)22-14-21-15-23(10-11-24(21)27-16-22)31-18-20-8-6-5-7-9-20/h5-11,14-16,19H,12-13,17-18H2,1-4H3/t19-/m0/s1. The summed E-state index contributed by atoms with van der Waals surface area (Å²) in [7, 11) is 0. The monoisotopic (exact) mass is 433 g/mol. The molecule has 3 aromatic rings. The lowest BCUT2D eigenvalue weighted by molar-refractivity contribution is 0.0219. The van der Waals surface area contributed by atoms with Gasteiger partial charge in [-0.3, -0.25) is 4.98 Å². The molecule has 1 aromatic heterocycles. The van der Waals surface area contributed by atoms with E-state index in [-0.39, 0.29) is 12.1 Å². The molecule has 0 spiro atoms. The first kappa shape index (κ1) is 21.9. The number of amides is 1. The SMILES string of the molecule is C[C@H]1CN(C(=O)OC(C)(C)C)CCN1c1cnc2ccc(OCc3ccccc3)cc2c1. The maximum Gasteiger partial charge on any atom is 0.410 e. The Kier molecular flexibility index (Phi) is 6.21. The molecule has 6 heteroatoms. The quantitative estimate of drug-likeness (QED) is 0.562. The van der Waals surface area contributed by atoms with Crippen molar-refractivity contribution < 1.29 is 14.3 Å². The summed E-state index contributed by atoms with van der Waals surface area (Å²) in [6.07, 6.45) is 1.66. The summed E-state index contributed by atoms with van der Waals surface area (Å²) in [5.41, 5.74) is 2.63. The van der Waals surface area contributed by atoms with E-state index in [2.05, 4.69) is 35.0 Å². The predicted molar refractivity (Wildman–Crippen MR) is 127 cm³/mol. The molecule has 0 N–H and O–H groups in total. The van der Waals surface area contributed by atoms with Crippen LogP contribution in [0, 0.1) is 0 Å². The molecule has 32 heavy (non-hydrogen) atoms. The number of nitrogens with zero attached hydrogens (tertiary/aromatic N) is 3. The molecule has 1 aliphatic heterocycles. The van der Waals surface area contributed by atoms with Gasteiger partial charge in [0.05, 0.1) is 17.4 Å². The van der Waals surface area contributed by atoms with Crippen LogP contribution in [0.4, 0.5) is 10.5 Å². The summed E-state index contributed by atoms with van der Waals surface area (Å²) < 4.78 is 11.5. The lowest BCUT2D eigenvalue weighted by Gasteiger charge is -2.41.